The molecule has 0 aliphatic carbocycles. The zero-order valence-corrected chi connectivity index (χ0v) is 10.00. The SMILES string of the molecule is COc1cc(Oc2ccc([N+](=O)[O-])cc2)ccc1F. The molecule has 0 spiro atoms. The molecule has 5 nitrogen and oxygen atoms in total. The van der Waals surface area contributed by atoms with E-state index in [0.29, 0.717) is 11.5 Å². The number of halogens is 1. The first-order valence-electron chi connectivity index (χ1n) is 5.36. The third-order valence-corrected chi connectivity index (χ3v) is 2.41. The van der Waals surface area contributed by atoms with Gasteiger partial charge in [0.2, 0.25) is 0 Å². The topological polar surface area (TPSA) is 61.6 Å². The first kappa shape index (κ1) is 12.8. The van der Waals surface area contributed by atoms with Crippen LogP contribution in [0.4, 0.5) is 10.1 Å². The van der Waals surface area contributed by atoms with E-state index in [2.05, 4.69) is 0 Å². The molecule has 0 aromatic heterocycles. The van der Waals surface area contributed by atoms with E-state index >= 15 is 0 Å². The summed E-state index contributed by atoms with van der Waals surface area (Å²) in [5.41, 5.74) is -0.0240. The molecule has 0 amide bonds. The Kier molecular flexibility index (Phi) is 3.61. The fourth-order valence-electron chi connectivity index (χ4n) is 1.48. The first-order chi connectivity index (χ1) is 9.10. The van der Waals surface area contributed by atoms with Crippen molar-refractivity contribution in [2.24, 2.45) is 0 Å². The largest absolute Gasteiger partial charge is 0.494 e. The summed E-state index contributed by atoms with van der Waals surface area (Å²) < 4.78 is 23.5. The molecule has 0 aliphatic rings. The Bertz CT molecular complexity index is 598. The van der Waals surface area contributed by atoms with Crippen LogP contribution >= 0.6 is 0 Å². The zero-order chi connectivity index (χ0) is 13.8. The number of nitrogens with zero attached hydrogens (tertiary/aromatic N) is 1. The predicted octanol–water partition coefficient (Wildman–Crippen LogP) is 3.53. The lowest BCUT2D eigenvalue weighted by Crippen LogP contribution is -1.91. The molecule has 0 heterocycles. The van der Waals surface area contributed by atoms with Crippen LogP contribution in [-0.4, -0.2) is 12.0 Å². The molecule has 19 heavy (non-hydrogen) atoms. The Hall–Kier alpha value is -2.63. The lowest BCUT2D eigenvalue weighted by molar-refractivity contribution is -0.384. The van der Waals surface area contributed by atoms with Crippen LogP contribution in [0.3, 0.4) is 0 Å². The molecule has 2 rings (SSSR count). The van der Waals surface area contributed by atoms with E-state index in [0.717, 1.165) is 0 Å². The van der Waals surface area contributed by atoms with Crippen molar-refractivity contribution < 1.29 is 18.8 Å². The number of rotatable bonds is 4. The summed E-state index contributed by atoms with van der Waals surface area (Å²) in [4.78, 5) is 10.0. The van der Waals surface area contributed by atoms with Gasteiger partial charge in [-0.1, -0.05) is 0 Å². The van der Waals surface area contributed by atoms with Gasteiger partial charge in [0, 0.05) is 18.2 Å². The maximum absolute atomic E-state index is 13.2. The maximum atomic E-state index is 13.2. The average Bonchev–Trinajstić information content (AvgIpc) is 2.41. The van der Waals surface area contributed by atoms with Crippen LogP contribution in [-0.2, 0) is 0 Å². The predicted molar refractivity (Wildman–Crippen MR) is 66.1 cm³/mol. The number of hydrogen-bond donors (Lipinski definition) is 0. The zero-order valence-electron chi connectivity index (χ0n) is 10.00. The van der Waals surface area contributed by atoms with Gasteiger partial charge in [-0.25, -0.2) is 4.39 Å². The molecule has 0 aliphatic heterocycles. The van der Waals surface area contributed by atoms with E-state index in [-0.39, 0.29) is 11.4 Å². The maximum Gasteiger partial charge on any atom is 0.269 e. The minimum Gasteiger partial charge on any atom is -0.494 e. The van der Waals surface area contributed by atoms with Gasteiger partial charge in [-0.05, 0) is 24.3 Å². The summed E-state index contributed by atoms with van der Waals surface area (Å²) in [5.74, 6) is 0.379. The molecule has 0 unspecified atom stereocenters. The lowest BCUT2D eigenvalue weighted by Gasteiger charge is -2.07. The van der Waals surface area contributed by atoms with Gasteiger partial charge in [-0.15, -0.1) is 0 Å². The molecule has 2 aromatic rings. The Morgan fingerprint density at radius 3 is 2.32 bits per heavy atom. The summed E-state index contributed by atoms with van der Waals surface area (Å²) in [6.45, 7) is 0. The molecule has 0 fully saturated rings. The van der Waals surface area contributed by atoms with Crippen molar-refractivity contribution in [3.05, 3.63) is 58.4 Å². The van der Waals surface area contributed by atoms with Crippen LogP contribution in [0.1, 0.15) is 0 Å². The second-order valence-corrected chi connectivity index (χ2v) is 3.65. The minimum absolute atomic E-state index is 0.0240. The molecule has 98 valence electrons. The van der Waals surface area contributed by atoms with Crippen LogP contribution < -0.4 is 9.47 Å². The highest BCUT2D eigenvalue weighted by atomic mass is 19.1. The Balaban J connectivity index is 2.19. The number of benzene rings is 2. The van der Waals surface area contributed by atoms with Gasteiger partial charge in [0.05, 0.1) is 12.0 Å². The molecule has 0 radical (unpaired) electrons. The number of nitro groups is 1. The van der Waals surface area contributed by atoms with E-state index in [1.54, 1.807) is 0 Å². The van der Waals surface area contributed by atoms with Crippen LogP contribution in [0.15, 0.2) is 42.5 Å². The Morgan fingerprint density at radius 1 is 1.11 bits per heavy atom. The van der Waals surface area contributed by atoms with Crippen molar-refractivity contribution >= 4 is 5.69 Å². The Labute approximate surface area is 108 Å². The van der Waals surface area contributed by atoms with Crippen LogP contribution in [0, 0.1) is 15.9 Å². The summed E-state index contributed by atoms with van der Waals surface area (Å²) >= 11 is 0. The van der Waals surface area contributed by atoms with E-state index in [1.807, 2.05) is 0 Å². The highest BCUT2D eigenvalue weighted by Gasteiger charge is 2.07. The second kappa shape index (κ2) is 5.34. The number of ether oxygens (including phenoxy) is 2. The van der Waals surface area contributed by atoms with E-state index in [4.69, 9.17) is 9.47 Å². The fraction of sp³-hybridized carbons (Fsp3) is 0.0769. The summed E-state index contributed by atoms with van der Waals surface area (Å²) in [6.07, 6.45) is 0. The quantitative estimate of drug-likeness (QED) is 0.625. The summed E-state index contributed by atoms with van der Waals surface area (Å²) in [5, 5.41) is 10.5. The van der Waals surface area contributed by atoms with Crippen molar-refractivity contribution in [2.45, 2.75) is 0 Å². The smallest absolute Gasteiger partial charge is 0.269 e. The minimum atomic E-state index is -0.495. The molecular formula is C13H10FNO4. The first-order valence-corrected chi connectivity index (χ1v) is 5.36. The number of non-ortho nitro benzene ring substituents is 1. The van der Waals surface area contributed by atoms with Crippen molar-refractivity contribution in [3.63, 3.8) is 0 Å². The molecule has 0 bridgehead atoms. The summed E-state index contributed by atoms with van der Waals surface area (Å²) in [7, 11) is 1.36. The van der Waals surface area contributed by atoms with Crippen molar-refractivity contribution in [3.8, 4) is 17.2 Å². The number of nitro benzene ring substituents is 1. The third-order valence-electron chi connectivity index (χ3n) is 2.41. The van der Waals surface area contributed by atoms with E-state index in [1.165, 1.54) is 49.6 Å². The van der Waals surface area contributed by atoms with Gasteiger partial charge in [-0.3, -0.25) is 10.1 Å². The number of methoxy groups -OCH3 is 1. The molecule has 0 atom stereocenters. The molecule has 6 heteroatoms. The molecule has 0 N–H and O–H groups in total. The van der Waals surface area contributed by atoms with Crippen molar-refractivity contribution in [1.29, 1.82) is 0 Å². The van der Waals surface area contributed by atoms with Gasteiger partial charge in [-0.2, -0.15) is 0 Å². The van der Waals surface area contributed by atoms with Crippen LogP contribution in [0.25, 0.3) is 0 Å². The molecule has 2 aromatic carbocycles. The normalized spacial score (nSPS) is 10.0. The lowest BCUT2D eigenvalue weighted by atomic mass is 10.3. The van der Waals surface area contributed by atoms with Crippen LogP contribution in [0.5, 0.6) is 17.2 Å². The van der Waals surface area contributed by atoms with Crippen LogP contribution in [0.2, 0.25) is 0 Å². The van der Waals surface area contributed by atoms with Crippen molar-refractivity contribution in [1.82, 2.24) is 0 Å². The van der Waals surface area contributed by atoms with Gasteiger partial charge in [0.15, 0.2) is 11.6 Å². The highest BCUT2D eigenvalue weighted by molar-refractivity contribution is 5.40. The number of hydrogen-bond acceptors (Lipinski definition) is 4. The van der Waals surface area contributed by atoms with Gasteiger partial charge in [0.1, 0.15) is 11.5 Å². The van der Waals surface area contributed by atoms with E-state index in [9.17, 15) is 14.5 Å². The third kappa shape index (κ3) is 2.98. The van der Waals surface area contributed by atoms with Gasteiger partial charge >= 0.3 is 0 Å². The second-order valence-electron chi connectivity index (χ2n) is 3.65. The monoisotopic (exact) mass is 263 g/mol. The van der Waals surface area contributed by atoms with Gasteiger partial charge < -0.3 is 9.47 Å². The van der Waals surface area contributed by atoms with Gasteiger partial charge in [0.25, 0.3) is 5.69 Å². The standard InChI is InChI=1S/C13H10FNO4/c1-18-13-8-11(6-7-12(13)14)19-10-4-2-9(3-5-10)15(16)17/h2-8H,1H3. The summed E-state index contributed by atoms with van der Waals surface area (Å²) in [6, 6.07) is 9.66. The average molecular weight is 263 g/mol. The molecule has 0 saturated heterocycles. The Morgan fingerprint density at radius 2 is 1.74 bits per heavy atom. The fourth-order valence-corrected chi connectivity index (χ4v) is 1.48. The van der Waals surface area contributed by atoms with Crippen molar-refractivity contribution in [2.75, 3.05) is 7.11 Å². The highest BCUT2D eigenvalue weighted by Crippen LogP contribution is 2.28. The molecule has 0 saturated carbocycles. The van der Waals surface area contributed by atoms with E-state index < -0.39 is 10.7 Å². The molecular weight excluding hydrogens is 253 g/mol.